The molecule has 2 rings (SSSR count). The molecule has 1 aromatic carbocycles. The van der Waals surface area contributed by atoms with Crippen LogP contribution >= 0.6 is 0 Å². The van der Waals surface area contributed by atoms with Crippen molar-refractivity contribution in [2.45, 2.75) is 39.3 Å². The number of amides is 2. The van der Waals surface area contributed by atoms with Gasteiger partial charge >= 0.3 is 0 Å². The predicted octanol–water partition coefficient (Wildman–Crippen LogP) is 3.35. The third-order valence-electron chi connectivity index (χ3n) is 3.63. The van der Waals surface area contributed by atoms with Crippen LogP contribution in [0, 0.1) is 0 Å². The molecular weight excluding hydrogens is 320 g/mol. The van der Waals surface area contributed by atoms with Crippen LogP contribution in [0.25, 0.3) is 0 Å². The topological polar surface area (TPSA) is 80.6 Å². The summed E-state index contributed by atoms with van der Waals surface area (Å²) >= 11 is 0. The van der Waals surface area contributed by atoms with Crippen molar-refractivity contribution in [1.29, 1.82) is 0 Å². The van der Waals surface area contributed by atoms with Gasteiger partial charge in [0.25, 0.3) is 5.91 Å². The van der Waals surface area contributed by atoms with E-state index in [2.05, 4.69) is 17.6 Å². The zero-order chi connectivity index (χ0) is 18.1. The van der Waals surface area contributed by atoms with Gasteiger partial charge in [0, 0.05) is 18.8 Å². The molecule has 1 unspecified atom stereocenters. The number of anilines is 1. The predicted molar refractivity (Wildman–Crippen MR) is 95.3 cm³/mol. The first-order chi connectivity index (χ1) is 12.1. The van der Waals surface area contributed by atoms with E-state index in [0.29, 0.717) is 18.8 Å². The van der Waals surface area contributed by atoms with E-state index < -0.39 is 6.10 Å². The van der Waals surface area contributed by atoms with Crippen LogP contribution in [0.15, 0.2) is 47.1 Å². The smallest absolute Gasteiger partial charge is 0.291 e. The number of unbranched alkanes of at least 4 members (excludes halogenated alkanes) is 1. The molecule has 1 aromatic heterocycles. The summed E-state index contributed by atoms with van der Waals surface area (Å²) in [5.41, 5.74) is 1.52. The zero-order valence-electron chi connectivity index (χ0n) is 14.6. The van der Waals surface area contributed by atoms with Crippen molar-refractivity contribution < 1.29 is 18.7 Å². The van der Waals surface area contributed by atoms with Crippen LogP contribution in [0.5, 0.6) is 0 Å². The maximum atomic E-state index is 12.0. The van der Waals surface area contributed by atoms with Gasteiger partial charge in [0.1, 0.15) is 6.10 Å². The van der Waals surface area contributed by atoms with E-state index in [9.17, 15) is 9.59 Å². The highest BCUT2D eigenvalue weighted by molar-refractivity contribution is 6.02. The van der Waals surface area contributed by atoms with Crippen LogP contribution in [0.1, 0.15) is 42.8 Å². The van der Waals surface area contributed by atoms with Crippen LogP contribution in [-0.4, -0.2) is 24.5 Å². The van der Waals surface area contributed by atoms with Gasteiger partial charge in [0.15, 0.2) is 5.76 Å². The first-order valence-electron chi connectivity index (χ1n) is 8.43. The van der Waals surface area contributed by atoms with Crippen molar-refractivity contribution in [3.8, 4) is 0 Å². The number of hydrogen-bond donors (Lipinski definition) is 2. The van der Waals surface area contributed by atoms with E-state index in [1.54, 1.807) is 25.1 Å². The molecule has 25 heavy (non-hydrogen) atoms. The highest BCUT2D eigenvalue weighted by atomic mass is 16.5. The first-order valence-corrected chi connectivity index (χ1v) is 8.43. The van der Waals surface area contributed by atoms with Gasteiger partial charge in [-0.25, -0.2) is 0 Å². The number of nitrogens with one attached hydrogen (secondary N) is 2. The minimum atomic E-state index is -0.478. The SMILES string of the molecule is CCCCOC(C)C(=O)NCc1cccc(NC(=O)c2ccco2)c1. The lowest BCUT2D eigenvalue weighted by atomic mass is 10.2. The fourth-order valence-electron chi connectivity index (χ4n) is 2.17. The number of carbonyl (C=O) groups is 2. The molecule has 2 N–H and O–H groups in total. The molecule has 6 nitrogen and oxygen atoms in total. The molecule has 0 saturated heterocycles. The Balaban J connectivity index is 1.84. The maximum Gasteiger partial charge on any atom is 0.291 e. The fraction of sp³-hybridized carbons (Fsp3) is 0.368. The summed E-state index contributed by atoms with van der Waals surface area (Å²) in [5.74, 6) is -0.220. The Morgan fingerprint density at radius 3 is 2.80 bits per heavy atom. The highest BCUT2D eigenvalue weighted by Crippen LogP contribution is 2.13. The standard InChI is InChI=1S/C19H24N2O4/c1-3-4-10-24-14(2)18(22)20-13-15-7-5-8-16(12-15)21-19(23)17-9-6-11-25-17/h5-9,11-12,14H,3-4,10,13H2,1-2H3,(H,20,22)(H,21,23). The average Bonchev–Trinajstić information content (AvgIpc) is 3.15. The third-order valence-corrected chi connectivity index (χ3v) is 3.63. The highest BCUT2D eigenvalue weighted by Gasteiger charge is 2.13. The largest absolute Gasteiger partial charge is 0.459 e. The van der Waals surface area contributed by atoms with Crippen LogP contribution in [0.4, 0.5) is 5.69 Å². The van der Waals surface area contributed by atoms with E-state index in [0.717, 1.165) is 18.4 Å². The Bertz CT molecular complexity index is 682. The number of hydrogen-bond acceptors (Lipinski definition) is 4. The van der Waals surface area contributed by atoms with Gasteiger partial charge in [-0.2, -0.15) is 0 Å². The molecule has 0 spiro atoms. The molecule has 0 bridgehead atoms. The van der Waals surface area contributed by atoms with Crippen LogP contribution < -0.4 is 10.6 Å². The molecule has 6 heteroatoms. The second kappa shape index (κ2) is 9.64. The van der Waals surface area contributed by atoms with Gasteiger partial charge < -0.3 is 19.8 Å². The monoisotopic (exact) mass is 344 g/mol. The molecule has 0 saturated carbocycles. The lowest BCUT2D eigenvalue weighted by molar-refractivity contribution is -0.131. The summed E-state index contributed by atoms with van der Waals surface area (Å²) in [6.07, 6.45) is 2.94. The van der Waals surface area contributed by atoms with E-state index in [4.69, 9.17) is 9.15 Å². The molecule has 0 aliphatic rings. The number of ether oxygens (including phenoxy) is 1. The molecule has 2 amide bonds. The van der Waals surface area contributed by atoms with E-state index >= 15 is 0 Å². The van der Waals surface area contributed by atoms with Crippen molar-refractivity contribution in [3.05, 3.63) is 54.0 Å². The summed E-state index contributed by atoms with van der Waals surface area (Å²) in [6.45, 7) is 4.76. The Labute approximate surface area is 147 Å². The van der Waals surface area contributed by atoms with E-state index in [1.165, 1.54) is 6.26 Å². The minimum Gasteiger partial charge on any atom is -0.459 e. The van der Waals surface area contributed by atoms with Crippen molar-refractivity contribution in [2.75, 3.05) is 11.9 Å². The summed E-state index contributed by atoms with van der Waals surface area (Å²) < 4.78 is 10.5. The van der Waals surface area contributed by atoms with Crippen LogP contribution in [0.3, 0.4) is 0 Å². The Morgan fingerprint density at radius 2 is 2.08 bits per heavy atom. The third kappa shape index (κ3) is 6.08. The molecule has 2 aromatic rings. The Morgan fingerprint density at radius 1 is 1.24 bits per heavy atom. The number of rotatable bonds is 9. The van der Waals surface area contributed by atoms with Crippen molar-refractivity contribution in [1.82, 2.24) is 5.32 Å². The number of carbonyl (C=O) groups excluding carboxylic acids is 2. The summed E-state index contributed by atoms with van der Waals surface area (Å²) in [6, 6.07) is 10.5. The van der Waals surface area contributed by atoms with Crippen molar-refractivity contribution in [2.24, 2.45) is 0 Å². The summed E-state index contributed by atoms with van der Waals surface area (Å²) in [5, 5.41) is 5.60. The molecule has 0 fully saturated rings. The van der Waals surface area contributed by atoms with Crippen LogP contribution in [-0.2, 0) is 16.1 Å². The molecular formula is C19H24N2O4. The lowest BCUT2D eigenvalue weighted by Crippen LogP contribution is -2.34. The molecule has 1 heterocycles. The minimum absolute atomic E-state index is 0.152. The molecule has 134 valence electrons. The quantitative estimate of drug-likeness (QED) is 0.684. The van der Waals surface area contributed by atoms with Crippen molar-refractivity contribution >= 4 is 17.5 Å². The molecule has 1 atom stereocenters. The van der Waals surface area contributed by atoms with E-state index in [-0.39, 0.29) is 17.6 Å². The maximum absolute atomic E-state index is 12.0. The zero-order valence-corrected chi connectivity index (χ0v) is 14.6. The molecule has 0 aliphatic carbocycles. The average molecular weight is 344 g/mol. The van der Waals surface area contributed by atoms with Gasteiger partial charge in [-0.3, -0.25) is 9.59 Å². The normalized spacial score (nSPS) is 11.8. The van der Waals surface area contributed by atoms with Gasteiger partial charge in [-0.1, -0.05) is 25.5 Å². The molecule has 0 aliphatic heterocycles. The Kier molecular flexibility index (Phi) is 7.22. The first kappa shape index (κ1) is 18.7. The van der Waals surface area contributed by atoms with Gasteiger partial charge in [0.2, 0.25) is 5.91 Å². The number of furan rings is 1. The lowest BCUT2D eigenvalue weighted by Gasteiger charge is -2.13. The Hall–Kier alpha value is -2.60. The van der Waals surface area contributed by atoms with Gasteiger partial charge in [-0.15, -0.1) is 0 Å². The van der Waals surface area contributed by atoms with Crippen LogP contribution in [0.2, 0.25) is 0 Å². The summed E-state index contributed by atoms with van der Waals surface area (Å²) in [4.78, 5) is 24.0. The number of benzene rings is 1. The van der Waals surface area contributed by atoms with Crippen molar-refractivity contribution in [3.63, 3.8) is 0 Å². The van der Waals surface area contributed by atoms with Gasteiger partial charge in [0.05, 0.1) is 6.26 Å². The van der Waals surface area contributed by atoms with E-state index in [1.807, 2.05) is 18.2 Å². The summed E-state index contributed by atoms with van der Waals surface area (Å²) in [7, 11) is 0. The molecule has 0 radical (unpaired) electrons. The fourth-order valence-corrected chi connectivity index (χ4v) is 2.17. The van der Waals surface area contributed by atoms with Gasteiger partial charge in [-0.05, 0) is 43.2 Å². The second-order valence-corrected chi connectivity index (χ2v) is 5.72. The second-order valence-electron chi connectivity index (χ2n) is 5.72.